The number of hydrogen-bond donors (Lipinski definition) is 1. The van der Waals surface area contributed by atoms with Crippen molar-refractivity contribution < 1.29 is 4.74 Å². The van der Waals surface area contributed by atoms with Gasteiger partial charge in [-0.15, -0.1) is 0 Å². The number of likely N-dealkylation sites (N-methyl/N-ethyl adjacent to an activating group) is 1. The van der Waals surface area contributed by atoms with Crippen LogP contribution in [0.25, 0.3) is 0 Å². The minimum Gasteiger partial charge on any atom is -0.374 e. The van der Waals surface area contributed by atoms with E-state index in [0.717, 1.165) is 23.9 Å². The third-order valence-electron chi connectivity index (χ3n) is 3.91. The second-order valence-corrected chi connectivity index (χ2v) is 6.21. The van der Waals surface area contributed by atoms with Crippen LogP contribution in [0.1, 0.15) is 31.7 Å². The highest BCUT2D eigenvalue weighted by molar-refractivity contribution is 9.10. The standard InChI is InChI=1S/C15H22BrNO/c1-15(8-3-4-9-18-15)14(17-2)11-12-6-5-7-13(16)10-12/h5-7,10,14,17H,3-4,8-9,11H2,1-2H3. The zero-order valence-electron chi connectivity index (χ0n) is 11.2. The molecule has 2 unspecified atom stereocenters. The summed E-state index contributed by atoms with van der Waals surface area (Å²) in [5.74, 6) is 0. The molecule has 2 rings (SSSR count). The van der Waals surface area contributed by atoms with E-state index in [4.69, 9.17) is 4.74 Å². The first-order valence-corrected chi connectivity index (χ1v) is 7.49. The van der Waals surface area contributed by atoms with Crippen molar-refractivity contribution in [3.63, 3.8) is 0 Å². The highest BCUT2D eigenvalue weighted by Gasteiger charge is 2.35. The van der Waals surface area contributed by atoms with Gasteiger partial charge in [-0.05, 0) is 57.4 Å². The van der Waals surface area contributed by atoms with Crippen LogP contribution in [0.5, 0.6) is 0 Å². The molecule has 1 fully saturated rings. The van der Waals surface area contributed by atoms with Crippen molar-refractivity contribution in [2.24, 2.45) is 0 Å². The number of hydrogen-bond acceptors (Lipinski definition) is 2. The number of ether oxygens (including phenoxy) is 1. The molecule has 1 aliphatic rings. The molecule has 0 spiro atoms. The summed E-state index contributed by atoms with van der Waals surface area (Å²) >= 11 is 3.53. The molecule has 0 radical (unpaired) electrons. The van der Waals surface area contributed by atoms with Gasteiger partial charge in [-0.25, -0.2) is 0 Å². The van der Waals surface area contributed by atoms with Gasteiger partial charge in [-0.1, -0.05) is 28.1 Å². The van der Waals surface area contributed by atoms with E-state index in [-0.39, 0.29) is 5.60 Å². The monoisotopic (exact) mass is 311 g/mol. The Morgan fingerprint density at radius 1 is 1.44 bits per heavy atom. The predicted molar refractivity (Wildman–Crippen MR) is 78.9 cm³/mol. The number of rotatable bonds is 4. The predicted octanol–water partition coefficient (Wildman–Crippen LogP) is 3.54. The highest BCUT2D eigenvalue weighted by atomic mass is 79.9. The van der Waals surface area contributed by atoms with Crippen LogP contribution >= 0.6 is 15.9 Å². The Balaban J connectivity index is 2.09. The van der Waals surface area contributed by atoms with Gasteiger partial charge in [0.15, 0.2) is 0 Å². The minimum atomic E-state index is -0.0324. The molecule has 2 atom stereocenters. The Morgan fingerprint density at radius 3 is 2.89 bits per heavy atom. The van der Waals surface area contributed by atoms with Crippen molar-refractivity contribution in [1.29, 1.82) is 0 Å². The second kappa shape index (κ2) is 6.18. The molecule has 1 heterocycles. The lowest BCUT2D eigenvalue weighted by atomic mass is 9.85. The first kappa shape index (κ1) is 14.0. The van der Waals surface area contributed by atoms with E-state index in [0.29, 0.717) is 6.04 Å². The van der Waals surface area contributed by atoms with Gasteiger partial charge in [-0.2, -0.15) is 0 Å². The molecule has 0 amide bonds. The van der Waals surface area contributed by atoms with E-state index in [1.807, 2.05) is 7.05 Å². The molecule has 100 valence electrons. The molecule has 2 nitrogen and oxygen atoms in total. The summed E-state index contributed by atoms with van der Waals surface area (Å²) in [5, 5.41) is 3.44. The molecule has 1 aliphatic heterocycles. The van der Waals surface area contributed by atoms with Crippen molar-refractivity contribution in [3.05, 3.63) is 34.3 Å². The van der Waals surface area contributed by atoms with E-state index in [9.17, 15) is 0 Å². The average Bonchev–Trinajstić information content (AvgIpc) is 2.37. The SMILES string of the molecule is CNC(Cc1cccc(Br)c1)C1(C)CCCCO1. The van der Waals surface area contributed by atoms with Crippen molar-refractivity contribution in [2.45, 2.75) is 44.2 Å². The summed E-state index contributed by atoms with van der Waals surface area (Å²) in [6.07, 6.45) is 4.62. The lowest BCUT2D eigenvalue weighted by Crippen LogP contribution is -2.52. The minimum absolute atomic E-state index is 0.0324. The zero-order chi connectivity index (χ0) is 13.0. The number of halogens is 1. The Hall–Kier alpha value is -0.380. The normalized spacial score (nSPS) is 25.9. The van der Waals surface area contributed by atoms with Gasteiger partial charge >= 0.3 is 0 Å². The molecule has 1 N–H and O–H groups in total. The number of benzene rings is 1. The maximum absolute atomic E-state index is 6.05. The topological polar surface area (TPSA) is 21.3 Å². The molecule has 0 aliphatic carbocycles. The summed E-state index contributed by atoms with van der Waals surface area (Å²) in [7, 11) is 2.03. The molecule has 0 aromatic heterocycles. The molecular weight excluding hydrogens is 290 g/mol. The van der Waals surface area contributed by atoms with Crippen molar-refractivity contribution in [1.82, 2.24) is 5.32 Å². The Bertz CT molecular complexity index is 388. The first-order chi connectivity index (χ1) is 8.64. The van der Waals surface area contributed by atoms with Gasteiger partial charge in [0.25, 0.3) is 0 Å². The van der Waals surface area contributed by atoms with Crippen LogP contribution in [0.3, 0.4) is 0 Å². The molecule has 1 saturated heterocycles. The summed E-state index contributed by atoms with van der Waals surface area (Å²) in [6, 6.07) is 8.90. The van der Waals surface area contributed by atoms with Gasteiger partial charge in [0.2, 0.25) is 0 Å². The van der Waals surface area contributed by atoms with E-state index in [1.165, 1.54) is 18.4 Å². The third-order valence-corrected chi connectivity index (χ3v) is 4.41. The maximum atomic E-state index is 6.05. The summed E-state index contributed by atoms with van der Waals surface area (Å²) in [4.78, 5) is 0. The lowest BCUT2D eigenvalue weighted by Gasteiger charge is -2.40. The van der Waals surface area contributed by atoms with Crippen molar-refractivity contribution >= 4 is 15.9 Å². The van der Waals surface area contributed by atoms with Crippen LogP contribution in [0.15, 0.2) is 28.7 Å². The quantitative estimate of drug-likeness (QED) is 0.918. The Kier molecular flexibility index (Phi) is 4.82. The Labute approximate surface area is 118 Å². The fourth-order valence-corrected chi connectivity index (χ4v) is 3.20. The van der Waals surface area contributed by atoms with E-state index in [1.54, 1.807) is 0 Å². The van der Waals surface area contributed by atoms with E-state index in [2.05, 4.69) is 52.4 Å². The van der Waals surface area contributed by atoms with Crippen LogP contribution < -0.4 is 5.32 Å². The highest BCUT2D eigenvalue weighted by Crippen LogP contribution is 2.29. The fraction of sp³-hybridized carbons (Fsp3) is 0.600. The maximum Gasteiger partial charge on any atom is 0.0809 e. The zero-order valence-corrected chi connectivity index (χ0v) is 12.8. The third kappa shape index (κ3) is 3.34. The van der Waals surface area contributed by atoms with Crippen molar-refractivity contribution in [2.75, 3.05) is 13.7 Å². The van der Waals surface area contributed by atoms with Crippen LogP contribution in [-0.2, 0) is 11.2 Å². The van der Waals surface area contributed by atoms with Crippen LogP contribution in [0.4, 0.5) is 0 Å². The van der Waals surface area contributed by atoms with E-state index >= 15 is 0 Å². The fourth-order valence-electron chi connectivity index (χ4n) is 2.75. The molecule has 0 bridgehead atoms. The smallest absolute Gasteiger partial charge is 0.0809 e. The molecule has 0 saturated carbocycles. The number of nitrogens with one attached hydrogen (secondary N) is 1. The molecular formula is C15H22BrNO. The summed E-state index contributed by atoms with van der Waals surface area (Å²) in [5.41, 5.74) is 1.31. The second-order valence-electron chi connectivity index (χ2n) is 5.29. The van der Waals surface area contributed by atoms with Gasteiger partial charge in [0, 0.05) is 17.1 Å². The van der Waals surface area contributed by atoms with Crippen LogP contribution in [-0.4, -0.2) is 25.3 Å². The van der Waals surface area contributed by atoms with E-state index < -0.39 is 0 Å². The van der Waals surface area contributed by atoms with Gasteiger partial charge < -0.3 is 10.1 Å². The largest absolute Gasteiger partial charge is 0.374 e. The molecule has 1 aromatic carbocycles. The molecule has 1 aromatic rings. The summed E-state index contributed by atoms with van der Waals surface area (Å²) < 4.78 is 7.19. The van der Waals surface area contributed by atoms with Gasteiger partial charge in [0.05, 0.1) is 5.60 Å². The van der Waals surface area contributed by atoms with Crippen LogP contribution in [0.2, 0.25) is 0 Å². The summed E-state index contributed by atoms with van der Waals surface area (Å²) in [6.45, 7) is 3.14. The van der Waals surface area contributed by atoms with Crippen molar-refractivity contribution in [3.8, 4) is 0 Å². The lowest BCUT2D eigenvalue weighted by molar-refractivity contribution is -0.0870. The molecule has 18 heavy (non-hydrogen) atoms. The van der Waals surface area contributed by atoms with Gasteiger partial charge in [0.1, 0.15) is 0 Å². The Morgan fingerprint density at radius 2 is 2.28 bits per heavy atom. The first-order valence-electron chi connectivity index (χ1n) is 6.70. The van der Waals surface area contributed by atoms with Crippen LogP contribution in [0, 0.1) is 0 Å². The van der Waals surface area contributed by atoms with Gasteiger partial charge in [-0.3, -0.25) is 0 Å². The molecule has 3 heteroatoms. The average molecular weight is 312 g/mol.